The largest absolute Gasteiger partial charge is 0.380 e. The van der Waals surface area contributed by atoms with Gasteiger partial charge in [0.1, 0.15) is 0 Å². The summed E-state index contributed by atoms with van der Waals surface area (Å²) in [5.41, 5.74) is 6.53. The van der Waals surface area contributed by atoms with E-state index in [0.717, 1.165) is 27.8 Å². The molecule has 0 bridgehead atoms. The van der Waals surface area contributed by atoms with Crippen LogP contribution < -0.4 is 9.62 Å². The first-order valence-corrected chi connectivity index (χ1v) is 12.5. The predicted octanol–water partition coefficient (Wildman–Crippen LogP) is 4.98. The van der Waals surface area contributed by atoms with E-state index in [4.69, 9.17) is 4.74 Å². The molecule has 1 N–H and O–H groups in total. The van der Waals surface area contributed by atoms with Crippen molar-refractivity contribution in [3.8, 4) is 0 Å². The van der Waals surface area contributed by atoms with Gasteiger partial charge in [-0.3, -0.25) is 9.10 Å². The first-order valence-electron chi connectivity index (χ1n) is 10.6. The third kappa shape index (κ3) is 6.21. The number of nitrogens with zero attached hydrogens (tertiary/aromatic N) is 1. The fourth-order valence-corrected chi connectivity index (χ4v) is 4.97. The van der Waals surface area contributed by atoms with Crippen LogP contribution in [0.25, 0.3) is 0 Å². The highest BCUT2D eigenvalue weighted by molar-refractivity contribution is 7.92. The van der Waals surface area contributed by atoms with E-state index in [1.807, 2.05) is 57.2 Å². The van der Waals surface area contributed by atoms with Crippen LogP contribution in [0.5, 0.6) is 0 Å². The van der Waals surface area contributed by atoms with E-state index in [1.165, 1.54) is 10.6 Å². The van der Waals surface area contributed by atoms with Gasteiger partial charge in [0.2, 0.25) is 10.0 Å². The molecule has 33 heavy (non-hydrogen) atoms. The zero-order chi connectivity index (χ0) is 24.2. The van der Waals surface area contributed by atoms with Gasteiger partial charge in [-0.1, -0.05) is 42.0 Å². The Hall–Kier alpha value is -3.16. The van der Waals surface area contributed by atoms with Gasteiger partial charge in [0.15, 0.2) is 0 Å². The quantitative estimate of drug-likeness (QED) is 0.508. The van der Waals surface area contributed by atoms with E-state index in [1.54, 1.807) is 31.4 Å². The summed E-state index contributed by atoms with van der Waals surface area (Å²) < 4.78 is 31.8. The second-order valence-corrected chi connectivity index (χ2v) is 10.2. The fraction of sp³-hybridized carbons (Fsp3) is 0.269. The molecule has 0 aliphatic carbocycles. The standard InChI is InChI=1S/C26H30N2O4S/c1-18-13-19(2)25(20(3)14-18)28(33(5,30)31)16-21-9-11-23(12-10-21)26(29)27-24-8-6-7-22(15-24)17-32-4/h6-15H,16-17H2,1-5H3,(H,27,29). The summed E-state index contributed by atoms with van der Waals surface area (Å²) in [7, 11) is -1.88. The molecular weight excluding hydrogens is 436 g/mol. The number of methoxy groups -OCH3 is 1. The van der Waals surface area contributed by atoms with Gasteiger partial charge in [-0.15, -0.1) is 0 Å². The lowest BCUT2D eigenvalue weighted by molar-refractivity contribution is 0.102. The Morgan fingerprint density at radius 1 is 0.939 bits per heavy atom. The maximum atomic E-state index is 12.7. The van der Waals surface area contributed by atoms with Crippen molar-refractivity contribution < 1.29 is 17.9 Å². The molecule has 0 heterocycles. The van der Waals surface area contributed by atoms with Crippen molar-refractivity contribution in [1.82, 2.24) is 0 Å². The topological polar surface area (TPSA) is 75.7 Å². The molecule has 6 nitrogen and oxygen atoms in total. The van der Waals surface area contributed by atoms with Crippen molar-refractivity contribution in [2.75, 3.05) is 23.0 Å². The van der Waals surface area contributed by atoms with Crippen LogP contribution in [0.1, 0.15) is 38.2 Å². The Morgan fingerprint density at radius 2 is 1.58 bits per heavy atom. The zero-order valence-electron chi connectivity index (χ0n) is 19.7. The van der Waals surface area contributed by atoms with Crippen LogP contribution in [-0.2, 0) is 27.9 Å². The molecule has 0 fully saturated rings. The average molecular weight is 467 g/mol. The first kappa shape index (κ1) is 24.5. The molecule has 0 saturated carbocycles. The molecule has 3 rings (SSSR count). The highest BCUT2D eigenvalue weighted by Gasteiger charge is 2.22. The van der Waals surface area contributed by atoms with Gasteiger partial charge < -0.3 is 10.1 Å². The van der Waals surface area contributed by atoms with Crippen molar-refractivity contribution in [1.29, 1.82) is 0 Å². The number of amides is 1. The maximum absolute atomic E-state index is 12.7. The number of ether oxygens (including phenoxy) is 1. The Kier molecular flexibility index (Phi) is 7.56. The Balaban J connectivity index is 1.80. The molecule has 174 valence electrons. The van der Waals surface area contributed by atoms with E-state index in [9.17, 15) is 13.2 Å². The Labute approximate surface area is 196 Å². The zero-order valence-corrected chi connectivity index (χ0v) is 20.5. The van der Waals surface area contributed by atoms with Crippen LogP contribution in [-0.4, -0.2) is 27.7 Å². The number of aryl methyl sites for hydroxylation is 3. The molecule has 0 atom stereocenters. The van der Waals surface area contributed by atoms with Crippen LogP contribution in [0.2, 0.25) is 0 Å². The second-order valence-electron chi connectivity index (χ2n) is 8.30. The lowest BCUT2D eigenvalue weighted by Crippen LogP contribution is -2.30. The number of nitrogens with one attached hydrogen (secondary N) is 1. The Morgan fingerprint density at radius 3 is 2.15 bits per heavy atom. The molecule has 1 amide bonds. The third-order valence-electron chi connectivity index (χ3n) is 5.32. The molecule has 0 saturated heterocycles. The third-order valence-corrected chi connectivity index (χ3v) is 6.44. The highest BCUT2D eigenvalue weighted by atomic mass is 32.2. The average Bonchev–Trinajstić information content (AvgIpc) is 2.72. The van der Waals surface area contributed by atoms with Crippen LogP contribution in [0.3, 0.4) is 0 Å². The van der Waals surface area contributed by atoms with E-state index < -0.39 is 10.0 Å². The summed E-state index contributed by atoms with van der Waals surface area (Å²) in [5.74, 6) is -0.235. The van der Waals surface area contributed by atoms with E-state index in [0.29, 0.717) is 23.5 Å². The maximum Gasteiger partial charge on any atom is 0.255 e. The van der Waals surface area contributed by atoms with Crippen LogP contribution in [0, 0.1) is 20.8 Å². The lowest BCUT2D eigenvalue weighted by atomic mass is 10.0. The number of anilines is 2. The molecular formula is C26H30N2O4S. The second kappa shape index (κ2) is 10.2. The molecule has 7 heteroatoms. The molecule has 0 unspecified atom stereocenters. The van der Waals surface area contributed by atoms with Crippen LogP contribution >= 0.6 is 0 Å². The lowest BCUT2D eigenvalue weighted by Gasteiger charge is -2.26. The van der Waals surface area contributed by atoms with Crippen molar-refractivity contribution in [2.45, 2.75) is 33.9 Å². The van der Waals surface area contributed by atoms with Crippen molar-refractivity contribution in [3.05, 3.63) is 94.0 Å². The molecule has 0 spiro atoms. The fourth-order valence-electron chi connectivity index (χ4n) is 3.96. The molecule has 0 radical (unpaired) electrons. The molecule has 0 aliphatic heterocycles. The van der Waals surface area contributed by atoms with Crippen LogP contribution in [0.4, 0.5) is 11.4 Å². The summed E-state index contributed by atoms with van der Waals surface area (Å²) >= 11 is 0. The minimum absolute atomic E-state index is 0.185. The normalized spacial score (nSPS) is 11.3. The number of benzene rings is 3. The number of carbonyl (C=O) groups is 1. The first-order chi connectivity index (χ1) is 15.6. The number of hydrogen-bond acceptors (Lipinski definition) is 4. The number of rotatable bonds is 8. The van der Waals surface area contributed by atoms with Crippen molar-refractivity contribution in [2.24, 2.45) is 0 Å². The summed E-state index contributed by atoms with van der Waals surface area (Å²) in [4.78, 5) is 12.7. The Bertz CT molecular complexity index is 1230. The van der Waals surface area contributed by atoms with Gasteiger partial charge in [0, 0.05) is 18.4 Å². The highest BCUT2D eigenvalue weighted by Crippen LogP contribution is 2.30. The molecule has 0 aliphatic rings. The number of sulfonamides is 1. The van der Waals surface area contributed by atoms with Gasteiger partial charge in [-0.2, -0.15) is 0 Å². The summed E-state index contributed by atoms with van der Waals surface area (Å²) in [5, 5.41) is 2.89. The summed E-state index contributed by atoms with van der Waals surface area (Å²) in [6, 6.07) is 18.4. The smallest absolute Gasteiger partial charge is 0.255 e. The minimum Gasteiger partial charge on any atom is -0.380 e. The monoisotopic (exact) mass is 466 g/mol. The minimum atomic E-state index is -3.51. The van der Waals surface area contributed by atoms with Gasteiger partial charge in [0.05, 0.1) is 25.1 Å². The summed E-state index contributed by atoms with van der Waals surface area (Å²) in [6.45, 7) is 6.48. The SMILES string of the molecule is COCc1cccc(NC(=O)c2ccc(CN(c3c(C)cc(C)cc3C)S(C)(=O)=O)cc2)c1. The van der Waals surface area contributed by atoms with Gasteiger partial charge in [-0.05, 0) is 67.3 Å². The predicted molar refractivity (Wildman–Crippen MR) is 133 cm³/mol. The van der Waals surface area contributed by atoms with Gasteiger partial charge in [0.25, 0.3) is 5.91 Å². The number of carbonyl (C=O) groups excluding carboxylic acids is 1. The van der Waals surface area contributed by atoms with Crippen molar-refractivity contribution in [3.63, 3.8) is 0 Å². The van der Waals surface area contributed by atoms with E-state index in [-0.39, 0.29) is 12.5 Å². The van der Waals surface area contributed by atoms with Gasteiger partial charge >= 0.3 is 0 Å². The molecule has 0 aromatic heterocycles. The van der Waals surface area contributed by atoms with Crippen molar-refractivity contribution >= 4 is 27.3 Å². The van der Waals surface area contributed by atoms with Gasteiger partial charge in [-0.25, -0.2) is 8.42 Å². The molecule has 3 aromatic rings. The number of hydrogen-bond donors (Lipinski definition) is 1. The van der Waals surface area contributed by atoms with Crippen LogP contribution in [0.15, 0.2) is 60.7 Å². The molecule has 3 aromatic carbocycles. The van der Waals surface area contributed by atoms with E-state index >= 15 is 0 Å². The van der Waals surface area contributed by atoms with E-state index in [2.05, 4.69) is 5.32 Å². The summed E-state index contributed by atoms with van der Waals surface area (Å²) in [6.07, 6.45) is 1.21.